The number of nitrogens with one attached hydrogen (secondary N) is 2. The second-order valence-corrected chi connectivity index (χ2v) is 4.23. The molecule has 0 radical (unpaired) electrons. The van der Waals surface area contributed by atoms with Gasteiger partial charge in [0, 0.05) is 13.1 Å². The molecule has 14 heavy (non-hydrogen) atoms. The molecule has 4 nitrogen and oxygen atoms in total. The first-order valence-electron chi connectivity index (χ1n) is 5.55. The molecule has 0 aromatic heterocycles. The highest BCUT2D eigenvalue weighted by atomic mass is 16.2. The van der Waals surface area contributed by atoms with E-state index in [9.17, 15) is 4.79 Å². The third kappa shape index (κ3) is 1.47. The smallest absolute Gasteiger partial charge is 0.317 e. The van der Waals surface area contributed by atoms with Gasteiger partial charge in [-0.05, 0) is 39.3 Å². The summed E-state index contributed by atoms with van der Waals surface area (Å²) in [5, 5.41) is 6.36. The van der Waals surface area contributed by atoms with Gasteiger partial charge in [-0.1, -0.05) is 0 Å². The molecule has 2 heterocycles. The summed E-state index contributed by atoms with van der Waals surface area (Å²) in [6.45, 7) is 5.84. The van der Waals surface area contributed by atoms with Gasteiger partial charge in [-0.15, -0.1) is 0 Å². The topological polar surface area (TPSA) is 44.4 Å². The summed E-state index contributed by atoms with van der Waals surface area (Å²) in [7, 11) is 0. The number of carbonyl (C=O) groups excluding carboxylic acids is 1. The highest BCUT2D eigenvalue weighted by molar-refractivity contribution is 5.77. The van der Waals surface area contributed by atoms with Crippen LogP contribution in [0.3, 0.4) is 0 Å². The fourth-order valence-electron chi connectivity index (χ4n) is 2.69. The molecule has 0 saturated carbocycles. The minimum absolute atomic E-state index is 0.106. The summed E-state index contributed by atoms with van der Waals surface area (Å²) < 4.78 is 0. The van der Waals surface area contributed by atoms with Crippen LogP contribution in [0.4, 0.5) is 4.79 Å². The quantitative estimate of drug-likeness (QED) is 0.644. The van der Waals surface area contributed by atoms with Crippen molar-refractivity contribution in [3.63, 3.8) is 0 Å². The molecule has 2 N–H and O–H groups in total. The van der Waals surface area contributed by atoms with E-state index >= 15 is 0 Å². The summed E-state index contributed by atoms with van der Waals surface area (Å²) in [5.41, 5.74) is 0.106. The molecule has 2 amide bonds. The number of hydrogen-bond acceptors (Lipinski definition) is 2. The minimum Gasteiger partial charge on any atom is -0.336 e. The van der Waals surface area contributed by atoms with E-state index in [0.717, 1.165) is 39.0 Å². The monoisotopic (exact) mass is 197 g/mol. The molecule has 4 heteroatoms. The van der Waals surface area contributed by atoms with Gasteiger partial charge in [0.1, 0.15) is 0 Å². The molecule has 2 fully saturated rings. The van der Waals surface area contributed by atoms with Gasteiger partial charge in [0.05, 0.1) is 5.54 Å². The van der Waals surface area contributed by atoms with Crippen LogP contribution < -0.4 is 10.6 Å². The highest BCUT2D eigenvalue weighted by Crippen LogP contribution is 2.30. The van der Waals surface area contributed by atoms with Crippen molar-refractivity contribution < 1.29 is 4.79 Å². The van der Waals surface area contributed by atoms with Crippen LogP contribution in [0.25, 0.3) is 0 Å². The molecule has 1 atom stereocenters. The first kappa shape index (κ1) is 9.77. The van der Waals surface area contributed by atoms with E-state index < -0.39 is 0 Å². The second kappa shape index (κ2) is 3.77. The van der Waals surface area contributed by atoms with Gasteiger partial charge in [-0.3, -0.25) is 0 Å². The fraction of sp³-hybridized carbons (Fsp3) is 0.900. The van der Waals surface area contributed by atoms with Crippen molar-refractivity contribution in [2.75, 3.05) is 26.2 Å². The molecule has 2 aliphatic heterocycles. The zero-order valence-corrected chi connectivity index (χ0v) is 8.81. The van der Waals surface area contributed by atoms with Crippen LogP contribution in [0.2, 0.25) is 0 Å². The molecule has 0 bridgehead atoms. The Morgan fingerprint density at radius 3 is 3.07 bits per heavy atom. The van der Waals surface area contributed by atoms with Crippen LogP contribution in [0, 0.1) is 0 Å². The van der Waals surface area contributed by atoms with Crippen LogP contribution in [0.1, 0.15) is 26.2 Å². The SMILES string of the molecule is CCN1C(=O)NCC12CCCNCC2. The average molecular weight is 197 g/mol. The maximum absolute atomic E-state index is 11.6. The molecule has 2 rings (SSSR count). The third-order valence-electron chi connectivity index (χ3n) is 3.47. The summed E-state index contributed by atoms with van der Waals surface area (Å²) in [6, 6.07) is 0.120. The molecule has 2 aliphatic rings. The predicted molar refractivity (Wildman–Crippen MR) is 55.2 cm³/mol. The molecule has 2 saturated heterocycles. The lowest BCUT2D eigenvalue weighted by molar-refractivity contribution is 0.149. The van der Waals surface area contributed by atoms with Gasteiger partial charge >= 0.3 is 6.03 Å². The first-order valence-corrected chi connectivity index (χ1v) is 5.55. The van der Waals surface area contributed by atoms with E-state index in [0.29, 0.717) is 0 Å². The third-order valence-corrected chi connectivity index (χ3v) is 3.47. The Hall–Kier alpha value is -0.770. The van der Waals surface area contributed by atoms with E-state index in [2.05, 4.69) is 17.6 Å². The molecule has 0 aliphatic carbocycles. The van der Waals surface area contributed by atoms with Gasteiger partial charge in [0.2, 0.25) is 0 Å². The standard InChI is InChI=1S/C10H19N3O/c1-2-13-9(14)12-8-10(13)4-3-6-11-7-5-10/h11H,2-8H2,1H3,(H,12,14). The Kier molecular flexibility index (Phi) is 2.63. The zero-order valence-electron chi connectivity index (χ0n) is 8.81. The van der Waals surface area contributed by atoms with Crippen molar-refractivity contribution in [1.29, 1.82) is 0 Å². The number of hydrogen-bond donors (Lipinski definition) is 2. The summed E-state index contributed by atoms with van der Waals surface area (Å²) in [4.78, 5) is 13.6. The van der Waals surface area contributed by atoms with Gasteiger partial charge < -0.3 is 15.5 Å². The van der Waals surface area contributed by atoms with Crippen molar-refractivity contribution in [2.24, 2.45) is 0 Å². The van der Waals surface area contributed by atoms with Crippen molar-refractivity contribution in [1.82, 2.24) is 15.5 Å². The number of carbonyl (C=O) groups is 1. The van der Waals surface area contributed by atoms with Crippen LogP contribution in [0.5, 0.6) is 0 Å². The van der Waals surface area contributed by atoms with Crippen molar-refractivity contribution in [3.05, 3.63) is 0 Å². The van der Waals surface area contributed by atoms with Crippen molar-refractivity contribution in [2.45, 2.75) is 31.7 Å². The van der Waals surface area contributed by atoms with Crippen LogP contribution in [-0.2, 0) is 0 Å². The predicted octanol–water partition coefficient (Wildman–Crippen LogP) is 0.544. The molecule has 1 spiro atoms. The maximum atomic E-state index is 11.6. The minimum atomic E-state index is 0.106. The number of nitrogens with zero attached hydrogens (tertiary/aromatic N) is 1. The lowest BCUT2D eigenvalue weighted by atomic mass is 9.90. The lowest BCUT2D eigenvalue weighted by Gasteiger charge is -2.35. The Bertz CT molecular complexity index is 221. The first-order chi connectivity index (χ1) is 6.78. The van der Waals surface area contributed by atoms with Crippen LogP contribution in [-0.4, -0.2) is 42.6 Å². The molecule has 80 valence electrons. The Morgan fingerprint density at radius 2 is 2.29 bits per heavy atom. The van der Waals surface area contributed by atoms with E-state index in [4.69, 9.17) is 0 Å². The zero-order chi connectivity index (χ0) is 10.0. The van der Waals surface area contributed by atoms with E-state index in [-0.39, 0.29) is 11.6 Å². The summed E-state index contributed by atoms with van der Waals surface area (Å²) >= 11 is 0. The lowest BCUT2D eigenvalue weighted by Crippen LogP contribution is -2.47. The summed E-state index contributed by atoms with van der Waals surface area (Å²) in [5.74, 6) is 0. The largest absolute Gasteiger partial charge is 0.336 e. The maximum Gasteiger partial charge on any atom is 0.317 e. The molecule has 0 aromatic carbocycles. The number of urea groups is 1. The molecular weight excluding hydrogens is 178 g/mol. The fourth-order valence-corrected chi connectivity index (χ4v) is 2.69. The van der Waals surface area contributed by atoms with E-state index in [1.165, 1.54) is 6.42 Å². The van der Waals surface area contributed by atoms with Crippen molar-refractivity contribution in [3.8, 4) is 0 Å². The van der Waals surface area contributed by atoms with Gasteiger partial charge in [-0.2, -0.15) is 0 Å². The Morgan fingerprint density at radius 1 is 1.43 bits per heavy atom. The van der Waals surface area contributed by atoms with Crippen molar-refractivity contribution >= 4 is 6.03 Å². The summed E-state index contributed by atoms with van der Waals surface area (Å²) in [6.07, 6.45) is 3.39. The average Bonchev–Trinajstić information content (AvgIpc) is 2.39. The van der Waals surface area contributed by atoms with E-state index in [1.807, 2.05) is 4.90 Å². The molecule has 0 aromatic rings. The highest BCUT2D eigenvalue weighted by Gasteiger charge is 2.43. The Labute approximate surface area is 85.0 Å². The number of likely N-dealkylation sites (N-methyl/N-ethyl adjacent to an activating group) is 1. The molecular formula is C10H19N3O. The van der Waals surface area contributed by atoms with Gasteiger partial charge in [-0.25, -0.2) is 4.79 Å². The van der Waals surface area contributed by atoms with Gasteiger partial charge in [0.15, 0.2) is 0 Å². The van der Waals surface area contributed by atoms with Crippen LogP contribution >= 0.6 is 0 Å². The number of amides is 2. The molecule has 1 unspecified atom stereocenters. The van der Waals surface area contributed by atoms with E-state index in [1.54, 1.807) is 0 Å². The van der Waals surface area contributed by atoms with Gasteiger partial charge in [0.25, 0.3) is 0 Å². The Balaban J connectivity index is 2.15. The normalized spacial score (nSPS) is 33.2. The number of rotatable bonds is 1. The second-order valence-electron chi connectivity index (χ2n) is 4.23. The van der Waals surface area contributed by atoms with Crippen LogP contribution in [0.15, 0.2) is 0 Å².